The summed E-state index contributed by atoms with van der Waals surface area (Å²) in [5, 5.41) is 11.0. The van der Waals surface area contributed by atoms with Crippen molar-refractivity contribution < 1.29 is 9.47 Å². The Morgan fingerprint density at radius 2 is 1.71 bits per heavy atom. The predicted molar refractivity (Wildman–Crippen MR) is 136 cm³/mol. The zero-order valence-corrected chi connectivity index (χ0v) is 20.8. The normalized spacial score (nSPS) is 13.9. The average molecular weight is 501 g/mol. The van der Waals surface area contributed by atoms with Crippen molar-refractivity contribution in [1.29, 1.82) is 0 Å². The molecule has 0 saturated carbocycles. The second-order valence-corrected chi connectivity index (χ2v) is 8.40. The number of aromatic nitrogens is 3. The number of hydrogen-bond acceptors (Lipinski definition) is 7. The molecule has 34 heavy (non-hydrogen) atoms. The summed E-state index contributed by atoms with van der Waals surface area (Å²) in [7, 11) is 3.04. The molecule has 1 fully saturated rings. The van der Waals surface area contributed by atoms with Crippen LogP contribution < -0.4 is 19.7 Å². The molecule has 3 heterocycles. The summed E-state index contributed by atoms with van der Waals surface area (Å²) in [6.07, 6.45) is 1.89. The molecular weight excluding hydrogens is 475 g/mol. The summed E-state index contributed by atoms with van der Waals surface area (Å²) in [5.74, 6) is 8.13. The number of nitrogens with zero attached hydrogens (tertiary/aromatic N) is 4. The summed E-state index contributed by atoms with van der Waals surface area (Å²) in [6, 6.07) is 7.43. The number of likely N-dealkylation sites (N-methyl/N-ethyl adjacent to an activating group) is 1. The average Bonchev–Trinajstić information content (AvgIpc) is 3.32. The van der Waals surface area contributed by atoms with Gasteiger partial charge in [-0.2, -0.15) is 5.10 Å². The fraction of sp³-hybridized carbons (Fsp3) is 0.333. The lowest BCUT2D eigenvalue weighted by Crippen LogP contribution is -2.46. The number of methoxy groups -OCH3 is 2. The van der Waals surface area contributed by atoms with Crippen LogP contribution in [0.4, 0.5) is 17.3 Å². The number of anilines is 3. The first kappa shape index (κ1) is 24.0. The molecule has 10 heteroatoms. The van der Waals surface area contributed by atoms with Crippen molar-refractivity contribution >= 4 is 40.5 Å². The van der Waals surface area contributed by atoms with E-state index >= 15 is 0 Å². The molecule has 1 aliphatic heterocycles. The van der Waals surface area contributed by atoms with Crippen LogP contribution in [0.5, 0.6) is 11.5 Å². The monoisotopic (exact) mass is 500 g/mol. The topological polar surface area (TPSA) is 78.5 Å². The maximum Gasteiger partial charge on any atom is 0.154 e. The molecule has 0 atom stereocenters. The molecule has 0 aliphatic carbocycles. The standard InChI is InChI=1S/C24H26Cl2N6O2/c1-4-31-9-11-32(12-10-31)17-6-8-21(27-15-17)28-22-13-16(29-30-22)5-7-18-23(25)19(33-2)14-20(34-3)24(18)26/h6,8,13-15H,4,9-12H2,1-3H3,(H2,27,28,29,30). The first-order chi connectivity index (χ1) is 16.5. The van der Waals surface area contributed by atoms with Gasteiger partial charge in [0.25, 0.3) is 0 Å². The summed E-state index contributed by atoms with van der Waals surface area (Å²) < 4.78 is 10.6. The van der Waals surface area contributed by atoms with Crippen LogP contribution in [-0.4, -0.2) is 67.0 Å². The molecule has 2 aromatic heterocycles. The molecule has 0 bridgehead atoms. The van der Waals surface area contributed by atoms with Gasteiger partial charge < -0.3 is 24.6 Å². The van der Waals surface area contributed by atoms with E-state index in [1.54, 1.807) is 12.1 Å². The third kappa shape index (κ3) is 5.33. The van der Waals surface area contributed by atoms with Crippen LogP contribution in [0.2, 0.25) is 10.0 Å². The largest absolute Gasteiger partial charge is 0.495 e. The molecule has 0 spiro atoms. The molecule has 2 N–H and O–H groups in total. The van der Waals surface area contributed by atoms with Gasteiger partial charge >= 0.3 is 0 Å². The summed E-state index contributed by atoms with van der Waals surface area (Å²) in [4.78, 5) is 9.34. The molecule has 178 valence electrons. The number of pyridine rings is 1. The van der Waals surface area contributed by atoms with Crippen LogP contribution >= 0.6 is 23.2 Å². The van der Waals surface area contributed by atoms with E-state index in [2.05, 4.69) is 55.1 Å². The van der Waals surface area contributed by atoms with Gasteiger partial charge in [-0.1, -0.05) is 36.0 Å². The number of H-pyrrole nitrogens is 1. The van der Waals surface area contributed by atoms with Crippen molar-refractivity contribution in [3.05, 3.63) is 51.8 Å². The fourth-order valence-corrected chi connectivity index (χ4v) is 4.27. The minimum Gasteiger partial charge on any atom is -0.495 e. The molecule has 1 aromatic carbocycles. The Morgan fingerprint density at radius 1 is 1.00 bits per heavy atom. The lowest BCUT2D eigenvalue weighted by Gasteiger charge is -2.35. The predicted octanol–water partition coefficient (Wildman–Crippen LogP) is 4.41. The number of halogens is 2. The van der Waals surface area contributed by atoms with Crippen LogP contribution in [0.3, 0.4) is 0 Å². The molecule has 0 unspecified atom stereocenters. The van der Waals surface area contributed by atoms with Gasteiger partial charge in [-0.3, -0.25) is 5.10 Å². The van der Waals surface area contributed by atoms with Crippen LogP contribution in [0.1, 0.15) is 18.2 Å². The van der Waals surface area contributed by atoms with Gasteiger partial charge in [-0.05, 0) is 24.6 Å². The first-order valence-corrected chi connectivity index (χ1v) is 11.7. The van der Waals surface area contributed by atoms with E-state index in [0.29, 0.717) is 44.4 Å². The molecular formula is C24H26Cl2N6O2. The maximum atomic E-state index is 6.39. The summed E-state index contributed by atoms with van der Waals surface area (Å²) in [6.45, 7) is 7.47. The summed E-state index contributed by atoms with van der Waals surface area (Å²) >= 11 is 12.8. The third-order valence-electron chi connectivity index (χ3n) is 5.66. The SMILES string of the molecule is CCN1CCN(c2ccc(Nc3cc(C#Cc4c(Cl)c(OC)cc(OC)c4Cl)[nH]n3)nc2)CC1. The van der Waals surface area contributed by atoms with Gasteiger partial charge in [0, 0.05) is 38.3 Å². The third-order valence-corrected chi connectivity index (χ3v) is 6.41. The smallest absolute Gasteiger partial charge is 0.154 e. The van der Waals surface area contributed by atoms with Crippen molar-refractivity contribution in [2.75, 3.05) is 57.2 Å². The Balaban J connectivity index is 1.44. The minimum atomic E-state index is 0.319. The molecule has 1 aliphatic rings. The highest BCUT2D eigenvalue weighted by Crippen LogP contribution is 2.39. The molecule has 0 amide bonds. The molecule has 3 aromatic rings. The number of piperazine rings is 1. The van der Waals surface area contributed by atoms with E-state index in [0.717, 1.165) is 38.4 Å². The Hall–Kier alpha value is -3.12. The fourth-order valence-electron chi connectivity index (χ4n) is 3.68. The quantitative estimate of drug-likeness (QED) is 0.485. The number of ether oxygens (including phenoxy) is 2. The Labute approximate surface area is 209 Å². The Bertz CT molecular complexity index is 1170. The van der Waals surface area contributed by atoms with Crippen LogP contribution in [0.15, 0.2) is 30.5 Å². The van der Waals surface area contributed by atoms with Crippen molar-refractivity contribution in [3.63, 3.8) is 0 Å². The highest BCUT2D eigenvalue weighted by molar-refractivity contribution is 6.38. The number of nitrogens with one attached hydrogen (secondary N) is 2. The zero-order chi connectivity index (χ0) is 24.1. The highest BCUT2D eigenvalue weighted by Gasteiger charge is 2.17. The van der Waals surface area contributed by atoms with E-state index in [-0.39, 0.29) is 0 Å². The molecule has 0 radical (unpaired) electrons. The van der Waals surface area contributed by atoms with Crippen LogP contribution in [0, 0.1) is 11.8 Å². The second-order valence-electron chi connectivity index (χ2n) is 7.65. The minimum absolute atomic E-state index is 0.319. The second kappa shape index (κ2) is 10.9. The van der Waals surface area contributed by atoms with E-state index < -0.39 is 0 Å². The van der Waals surface area contributed by atoms with E-state index in [4.69, 9.17) is 32.7 Å². The molecule has 8 nitrogen and oxygen atoms in total. The van der Waals surface area contributed by atoms with E-state index in [9.17, 15) is 0 Å². The molecule has 1 saturated heterocycles. The lowest BCUT2D eigenvalue weighted by molar-refractivity contribution is 0.271. The van der Waals surface area contributed by atoms with Crippen molar-refractivity contribution in [1.82, 2.24) is 20.1 Å². The van der Waals surface area contributed by atoms with Crippen molar-refractivity contribution in [2.45, 2.75) is 6.92 Å². The lowest BCUT2D eigenvalue weighted by atomic mass is 10.2. The number of hydrogen-bond donors (Lipinski definition) is 2. The first-order valence-electron chi connectivity index (χ1n) is 10.9. The van der Waals surface area contributed by atoms with Gasteiger partial charge in [0.15, 0.2) is 5.82 Å². The van der Waals surface area contributed by atoms with Gasteiger partial charge in [-0.25, -0.2) is 4.98 Å². The van der Waals surface area contributed by atoms with Crippen molar-refractivity contribution in [2.24, 2.45) is 0 Å². The summed E-state index contributed by atoms with van der Waals surface area (Å²) in [5.41, 5.74) is 2.12. The maximum absolute atomic E-state index is 6.39. The number of benzene rings is 1. The van der Waals surface area contributed by atoms with Gasteiger partial charge in [0.2, 0.25) is 0 Å². The van der Waals surface area contributed by atoms with Gasteiger partial charge in [-0.15, -0.1) is 0 Å². The number of rotatable bonds is 6. The Kier molecular flexibility index (Phi) is 7.68. The van der Waals surface area contributed by atoms with Crippen LogP contribution in [-0.2, 0) is 0 Å². The van der Waals surface area contributed by atoms with Crippen molar-refractivity contribution in [3.8, 4) is 23.3 Å². The number of aromatic amines is 1. The Morgan fingerprint density at radius 3 is 2.29 bits per heavy atom. The zero-order valence-electron chi connectivity index (χ0n) is 19.3. The van der Waals surface area contributed by atoms with Gasteiger partial charge in [0.1, 0.15) is 23.0 Å². The van der Waals surface area contributed by atoms with E-state index in [1.165, 1.54) is 14.2 Å². The van der Waals surface area contributed by atoms with E-state index in [1.807, 2.05) is 12.3 Å². The van der Waals surface area contributed by atoms with Crippen LogP contribution in [0.25, 0.3) is 0 Å². The van der Waals surface area contributed by atoms with Gasteiger partial charge in [0.05, 0.1) is 41.7 Å². The molecule has 4 rings (SSSR count). The highest BCUT2D eigenvalue weighted by atomic mass is 35.5.